The summed E-state index contributed by atoms with van der Waals surface area (Å²) in [7, 11) is -2.17. The highest BCUT2D eigenvalue weighted by Gasteiger charge is 2.27. The van der Waals surface area contributed by atoms with E-state index in [2.05, 4.69) is 21.1 Å². The van der Waals surface area contributed by atoms with Crippen LogP contribution in [0.3, 0.4) is 0 Å². The van der Waals surface area contributed by atoms with Crippen molar-refractivity contribution in [1.29, 1.82) is 5.41 Å². The number of thiazole rings is 1. The second-order valence-corrected chi connectivity index (χ2v) is 17.9. The third kappa shape index (κ3) is 7.68. The summed E-state index contributed by atoms with van der Waals surface area (Å²) in [5.41, 5.74) is 9.94. The minimum Gasteiger partial charge on any atom is -0.384 e. The summed E-state index contributed by atoms with van der Waals surface area (Å²) in [6, 6.07) is 23.1. The molecule has 226 valence electrons. The lowest BCUT2D eigenvalue weighted by Gasteiger charge is -2.34. The Morgan fingerprint density at radius 2 is 1.91 bits per heavy atom. The fourth-order valence-corrected chi connectivity index (χ4v) is 9.26. The van der Waals surface area contributed by atoms with Gasteiger partial charge in [0.1, 0.15) is 15.9 Å². The first-order valence-electron chi connectivity index (χ1n) is 13.7. The van der Waals surface area contributed by atoms with Crippen LogP contribution in [0.4, 0.5) is 5.69 Å². The quantitative estimate of drug-likeness (QED) is 0.0437. The van der Waals surface area contributed by atoms with Gasteiger partial charge in [-0.1, -0.05) is 68.6 Å². The number of carbonyl (C=O) groups is 1. The molecule has 1 aromatic heterocycles. The number of thioether (sulfide) groups is 1. The van der Waals surface area contributed by atoms with Gasteiger partial charge in [0.25, 0.3) is 5.91 Å². The number of para-hydroxylation sites is 1. The molecule has 1 amide bonds. The lowest BCUT2D eigenvalue weighted by Crippen LogP contribution is -2.23. The Labute approximate surface area is 276 Å². The highest BCUT2D eigenvalue weighted by molar-refractivity contribution is 9.17. The zero-order chi connectivity index (χ0) is 31.3. The second kappa shape index (κ2) is 14.2. The highest BCUT2D eigenvalue weighted by Crippen LogP contribution is 2.62. The van der Waals surface area contributed by atoms with Crippen LogP contribution in [0.2, 0.25) is 0 Å². The number of allylic oxidation sites excluding steroid dienone is 3. The van der Waals surface area contributed by atoms with Gasteiger partial charge in [0.05, 0.1) is 21.2 Å². The van der Waals surface area contributed by atoms with E-state index >= 15 is 0 Å². The average Bonchev–Trinajstić information content (AvgIpc) is 3.64. The van der Waals surface area contributed by atoms with E-state index in [1.165, 1.54) is 11.8 Å². The minimum absolute atomic E-state index is 0.0218. The Kier molecular flexibility index (Phi) is 10.4. The number of carbonyl (C=O) groups excluding carboxylic acids is 1. The van der Waals surface area contributed by atoms with E-state index in [9.17, 15) is 4.79 Å². The van der Waals surface area contributed by atoms with Crippen molar-refractivity contribution in [2.75, 3.05) is 5.32 Å². The Morgan fingerprint density at radius 1 is 1.11 bits per heavy atom. The largest absolute Gasteiger partial charge is 0.384 e. The van der Waals surface area contributed by atoms with Crippen LogP contribution < -0.4 is 15.8 Å². The number of nitrogens with zero attached hydrogens (tertiary/aromatic N) is 2. The minimum atomic E-state index is -2.17. The van der Waals surface area contributed by atoms with Gasteiger partial charge in [-0.05, 0) is 68.3 Å². The number of nitrogen functional groups attached to an aromatic ring is 1. The van der Waals surface area contributed by atoms with Crippen LogP contribution >= 0.6 is 54.7 Å². The summed E-state index contributed by atoms with van der Waals surface area (Å²) in [6.07, 6.45) is 7.96. The van der Waals surface area contributed by atoms with Crippen LogP contribution in [0.25, 0.3) is 10.2 Å². The molecule has 0 fully saturated rings. The number of nitrogens with two attached hydrogens (primary N) is 1. The van der Waals surface area contributed by atoms with Gasteiger partial charge in [0.15, 0.2) is 0 Å². The van der Waals surface area contributed by atoms with Crippen LogP contribution in [0, 0.1) is 5.41 Å². The van der Waals surface area contributed by atoms with Crippen LogP contribution in [0.1, 0.15) is 36.0 Å². The first kappa shape index (κ1) is 32.1. The zero-order valence-corrected chi connectivity index (χ0v) is 28.3. The third-order valence-corrected chi connectivity index (χ3v) is 12.3. The molecule has 3 aromatic carbocycles. The Balaban J connectivity index is 1.39. The molecule has 5 N–H and O–H groups in total. The molecular weight excluding hydrogens is 645 g/mol. The molecule has 1 aliphatic rings. The normalized spacial score (nSPS) is 16.5. The maximum absolute atomic E-state index is 13.2. The van der Waals surface area contributed by atoms with Gasteiger partial charge in [-0.3, -0.25) is 14.9 Å². The Morgan fingerprint density at radius 3 is 2.66 bits per heavy atom. The molecule has 4 aromatic rings. The standard InChI is InChI=1S/C32H32N6OS5/c1-3-15-35-31-21(4-2)18-28(43-31)30(39)36-23-11-8-12-24(19-23)44(40,41)38-26(17-20-9-7-10-22(16-20)29(33)34)32-37-25-13-5-6-14-27(25)42-32/h3-16,18-19,26,38,40-41H,17H2,1-2H3,(H3,33,34)(H,36,39)/b15-3-,21-4-,35-31+. The van der Waals surface area contributed by atoms with Crippen molar-refractivity contribution >= 4 is 87.4 Å². The number of amidine groups is 1. The van der Waals surface area contributed by atoms with Crippen molar-refractivity contribution < 1.29 is 4.79 Å². The van der Waals surface area contributed by atoms with E-state index in [0.717, 1.165) is 36.3 Å². The van der Waals surface area contributed by atoms with Crippen molar-refractivity contribution in [2.45, 2.75) is 31.2 Å². The molecule has 0 aliphatic carbocycles. The summed E-state index contributed by atoms with van der Waals surface area (Å²) < 4.78 is 4.77. The highest BCUT2D eigenvalue weighted by atomic mass is 33.5. The number of hydrogen-bond donors (Lipinski definition) is 6. The zero-order valence-electron chi connectivity index (χ0n) is 24.0. The fraction of sp³-hybridized carbons (Fsp3) is 0.125. The topological polar surface area (TPSA) is 116 Å². The van der Waals surface area contributed by atoms with E-state index in [4.69, 9.17) is 39.4 Å². The molecular formula is C32H32N6OS5. The summed E-state index contributed by atoms with van der Waals surface area (Å²) in [5.74, 6) is -0.185. The Hall–Kier alpha value is -3.26. The number of anilines is 1. The van der Waals surface area contributed by atoms with Gasteiger partial charge in [-0.15, -0.1) is 34.7 Å². The smallest absolute Gasteiger partial charge is 0.262 e. The van der Waals surface area contributed by atoms with Gasteiger partial charge < -0.3 is 11.1 Å². The lowest BCUT2D eigenvalue weighted by molar-refractivity contribution is -0.112. The van der Waals surface area contributed by atoms with Gasteiger partial charge in [0, 0.05) is 27.9 Å². The molecule has 0 radical (unpaired) electrons. The van der Waals surface area contributed by atoms with E-state index in [-0.39, 0.29) is 17.8 Å². The fourth-order valence-electron chi connectivity index (χ4n) is 4.49. The number of amides is 1. The SMILES string of the molecule is C\C=C/N=C1/SC(C(=O)Nc2cccc(S(S)(S)NC(Cc3cccc(C(=N)N)c3)c3nc4ccccc4s3)c2)=C/C1=C/C. The number of fused-ring (bicyclic) bond motifs is 1. The van der Waals surface area contributed by atoms with E-state index < -0.39 is 8.28 Å². The second-order valence-electron chi connectivity index (χ2n) is 9.81. The number of aliphatic imine (C=N–C) groups is 1. The van der Waals surface area contributed by atoms with Crippen molar-refractivity contribution in [3.8, 4) is 0 Å². The number of nitrogens with one attached hydrogen (secondary N) is 3. The van der Waals surface area contributed by atoms with Gasteiger partial charge in [-0.25, -0.2) is 9.98 Å². The van der Waals surface area contributed by atoms with E-state index in [1.807, 2.05) is 98.8 Å². The molecule has 12 heteroatoms. The van der Waals surface area contributed by atoms with Crippen LogP contribution in [0.5, 0.6) is 0 Å². The molecule has 0 saturated heterocycles. The monoisotopic (exact) mass is 676 g/mol. The van der Waals surface area contributed by atoms with Crippen molar-refractivity contribution in [3.05, 3.63) is 124 Å². The molecule has 2 heterocycles. The predicted octanol–water partition coefficient (Wildman–Crippen LogP) is 8.37. The first-order valence-corrected chi connectivity index (χ1v) is 19.0. The maximum atomic E-state index is 13.2. The first-order chi connectivity index (χ1) is 21.2. The van der Waals surface area contributed by atoms with Crippen molar-refractivity contribution in [3.63, 3.8) is 0 Å². The summed E-state index contributed by atoms with van der Waals surface area (Å²) in [6.45, 7) is 3.83. The summed E-state index contributed by atoms with van der Waals surface area (Å²) >= 11 is 13.1. The molecule has 44 heavy (non-hydrogen) atoms. The lowest BCUT2D eigenvalue weighted by atomic mass is 10.0. The number of rotatable bonds is 10. The summed E-state index contributed by atoms with van der Waals surface area (Å²) in [5, 5.41) is 12.6. The molecule has 5 rings (SSSR count). The molecule has 1 unspecified atom stereocenters. The third-order valence-electron chi connectivity index (χ3n) is 6.63. The van der Waals surface area contributed by atoms with E-state index in [1.54, 1.807) is 17.5 Å². The maximum Gasteiger partial charge on any atom is 0.262 e. The molecule has 7 nitrogen and oxygen atoms in total. The number of hydrogen-bond acceptors (Lipinski definition) is 9. The summed E-state index contributed by atoms with van der Waals surface area (Å²) in [4.78, 5) is 24.0. The van der Waals surface area contributed by atoms with Crippen LogP contribution in [0.15, 0.2) is 118 Å². The average molecular weight is 677 g/mol. The molecule has 0 spiro atoms. The predicted molar refractivity (Wildman–Crippen MR) is 197 cm³/mol. The van der Waals surface area contributed by atoms with Crippen molar-refractivity contribution in [1.82, 2.24) is 9.71 Å². The van der Waals surface area contributed by atoms with Crippen LogP contribution in [-0.4, -0.2) is 21.8 Å². The number of thiol groups is 2. The number of aromatic nitrogens is 1. The Bertz CT molecular complexity index is 1810. The van der Waals surface area contributed by atoms with Gasteiger partial charge in [-0.2, -0.15) is 0 Å². The van der Waals surface area contributed by atoms with Gasteiger partial charge >= 0.3 is 0 Å². The number of benzene rings is 3. The van der Waals surface area contributed by atoms with Crippen LogP contribution in [-0.2, 0) is 11.2 Å². The van der Waals surface area contributed by atoms with E-state index in [0.29, 0.717) is 22.6 Å². The molecule has 0 saturated carbocycles. The van der Waals surface area contributed by atoms with Crippen molar-refractivity contribution in [2.24, 2.45) is 10.7 Å². The molecule has 1 atom stereocenters. The molecule has 0 bridgehead atoms. The molecule has 1 aliphatic heterocycles. The van der Waals surface area contributed by atoms with Gasteiger partial charge in [0.2, 0.25) is 0 Å².